The number of amidine groups is 1. The number of fused-ring (bicyclic) bond motifs is 1. The van der Waals surface area contributed by atoms with Gasteiger partial charge in [0.15, 0.2) is 11.6 Å². The second-order valence-electron chi connectivity index (χ2n) is 5.25. The molecular formula is C18H16N2O2. The zero-order valence-electron chi connectivity index (χ0n) is 12.3. The third-order valence-corrected chi connectivity index (χ3v) is 3.83. The highest BCUT2D eigenvalue weighted by molar-refractivity contribution is 6.01. The Labute approximate surface area is 128 Å². The van der Waals surface area contributed by atoms with Gasteiger partial charge in [0.05, 0.1) is 13.7 Å². The van der Waals surface area contributed by atoms with Gasteiger partial charge in [-0.3, -0.25) is 4.99 Å². The minimum absolute atomic E-state index is 0.801. The number of methoxy groups -OCH3 is 1. The van der Waals surface area contributed by atoms with E-state index < -0.39 is 0 Å². The van der Waals surface area contributed by atoms with Gasteiger partial charge in [-0.15, -0.1) is 0 Å². The first-order valence-electron chi connectivity index (χ1n) is 7.30. The van der Waals surface area contributed by atoms with Crippen LogP contribution in [0.25, 0.3) is 22.1 Å². The maximum absolute atomic E-state index is 5.87. The van der Waals surface area contributed by atoms with Crippen LogP contribution < -0.4 is 10.1 Å². The second-order valence-corrected chi connectivity index (χ2v) is 5.25. The lowest BCUT2D eigenvalue weighted by Crippen LogP contribution is -2.18. The van der Waals surface area contributed by atoms with Gasteiger partial charge in [0.2, 0.25) is 0 Å². The molecule has 2 heterocycles. The minimum atomic E-state index is 0.801. The van der Waals surface area contributed by atoms with E-state index in [-0.39, 0.29) is 0 Å². The molecule has 0 bridgehead atoms. The molecule has 0 fully saturated rings. The molecule has 0 saturated carbocycles. The van der Waals surface area contributed by atoms with Gasteiger partial charge in [0.1, 0.15) is 11.3 Å². The molecule has 1 N–H and O–H groups in total. The Morgan fingerprint density at radius 3 is 2.82 bits per heavy atom. The van der Waals surface area contributed by atoms with E-state index in [1.165, 1.54) is 0 Å². The third kappa shape index (κ3) is 2.22. The largest absolute Gasteiger partial charge is 0.497 e. The van der Waals surface area contributed by atoms with E-state index in [2.05, 4.69) is 28.5 Å². The first-order valence-corrected chi connectivity index (χ1v) is 7.30. The highest BCUT2D eigenvalue weighted by atomic mass is 16.5. The van der Waals surface area contributed by atoms with E-state index in [1.54, 1.807) is 7.11 Å². The molecule has 0 amide bonds. The molecule has 4 rings (SSSR count). The summed E-state index contributed by atoms with van der Waals surface area (Å²) in [7, 11) is 1.68. The van der Waals surface area contributed by atoms with Crippen LogP contribution in [0.15, 0.2) is 57.9 Å². The van der Waals surface area contributed by atoms with Crippen molar-refractivity contribution in [3.05, 3.63) is 54.3 Å². The highest BCUT2D eigenvalue weighted by Gasteiger charge is 2.13. The molecule has 4 heteroatoms. The average molecular weight is 292 g/mol. The number of aliphatic imine (C=N–C) groups is 1. The lowest BCUT2D eigenvalue weighted by atomic mass is 10.0. The summed E-state index contributed by atoms with van der Waals surface area (Å²) < 4.78 is 11.2. The lowest BCUT2D eigenvalue weighted by Gasteiger charge is -2.04. The first-order chi connectivity index (χ1) is 10.8. The zero-order chi connectivity index (χ0) is 14.9. The first kappa shape index (κ1) is 13.0. The summed E-state index contributed by atoms with van der Waals surface area (Å²) in [6.07, 6.45) is 0. The number of nitrogens with one attached hydrogen (secondary N) is 1. The molecule has 0 spiro atoms. The van der Waals surface area contributed by atoms with Gasteiger partial charge in [-0.25, -0.2) is 0 Å². The van der Waals surface area contributed by atoms with Crippen molar-refractivity contribution in [3.63, 3.8) is 0 Å². The summed E-state index contributed by atoms with van der Waals surface area (Å²) in [5.41, 5.74) is 3.14. The topological polar surface area (TPSA) is 46.8 Å². The number of benzene rings is 2. The van der Waals surface area contributed by atoms with Crippen LogP contribution in [0.4, 0.5) is 0 Å². The Hall–Kier alpha value is -2.75. The monoisotopic (exact) mass is 292 g/mol. The molecule has 0 saturated heterocycles. The molecule has 4 nitrogen and oxygen atoms in total. The van der Waals surface area contributed by atoms with E-state index in [9.17, 15) is 0 Å². The van der Waals surface area contributed by atoms with Crippen molar-refractivity contribution in [1.82, 2.24) is 5.32 Å². The van der Waals surface area contributed by atoms with Gasteiger partial charge in [-0.05, 0) is 41.5 Å². The summed E-state index contributed by atoms with van der Waals surface area (Å²) in [6, 6.07) is 16.3. The van der Waals surface area contributed by atoms with Crippen molar-refractivity contribution in [2.75, 3.05) is 20.2 Å². The molecular weight excluding hydrogens is 276 g/mol. The van der Waals surface area contributed by atoms with Gasteiger partial charge in [0.25, 0.3) is 0 Å². The number of hydrogen-bond acceptors (Lipinski definition) is 4. The van der Waals surface area contributed by atoms with Gasteiger partial charge in [-0.2, -0.15) is 0 Å². The number of rotatable bonds is 3. The Balaban J connectivity index is 1.76. The number of furan rings is 1. The van der Waals surface area contributed by atoms with Crippen molar-refractivity contribution >= 4 is 16.8 Å². The molecule has 2 aromatic carbocycles. The van der Waals surface area contributed by atoms with E-state index in [4.69, 9.17) is 9.15 Å². The van der Waals surface area contributed by atoms with Crippen LogP contribution in [-0.4, -0.2) is 26.0 Å². The zero-order valence-corrected chi connectivity index (χ0v) is 12.3. The molecule has 22 heavy (non-hydrogen) atoms. The number of nitrogens with zero attached hydrogens (tertiary/aromatic N) is 1. The fourth-order valence-corrected chi connectivity index (χ4v) is 2.71. The number of hydrogen-bond donors (Lipinski definition) is 1. The van der Waals surface area contributed by atoms with Crippen LogP contribution in [0.3, 0.4) is 0 Å². The predicted octanol–water partition coefficient (Wildman–Crippen LogP) is 3.46. The maximum atomic E-state index is 5.87. The van der Waals surface area contributed by atoms with Gasteiger partial charge >= 0.3 is 0 Å². The summed E-state index contributed by atoms with van der Waals surface area (Å²) >= 11 is 0. The van der Waals surface area contributed by atoms with Crippen LogP contribution in [0.5, 0.6) is 5.75 Å². The molecule has 3 aromatic rings. The van der Waals surface area contributed by atoms with Crippen LogP contribution in [0, 0.1) is 0 Å². The molecule has 1 aromatic heterocycles. The second kappa shape index (κ2) is 5.22. The highest BCUT2D eigenvalue weighted by Crippen LogP contribution is 2.29. The van der Waals surface area contributed by atoms with Gasteiger partial charge in [-0.1, -0.05) is 18.2 Å². The van der Waals surface area contributed by atoms with Crippen LogP contribution in [0.1, 0.15) is 5.76 Å². The van der Waals surface area contributed by atoms with Gasteiger partial charge < -0.3 is 14.5 Å². The van der Waals surface area contributed by atoms with E-state index >= 15 is 0 Å². The SMILES string of the molecule is COc1cccc(-c2ccc3oc(C4=NCCN4)cc3c2)c1. The predicted molar refractivity (Wildman–Crippen MR) is 87.6 cm³/mol. The normalized spacial score (nSPS) is 14.0. The quantitative estimate of drug-likeness (QED) is 0.804. The molecule has 110 valence electrons. The third-order valence-electron chi connectivity index (χ3n) is 3.83. The van der Waals surface area contributed by atoms with Crippen molar-refractivity contribution < 1.29 is 9.15 Å². The lowest BCUT2D eigenvalue weighted by molar-refractivity contribution is 0.415. The fourth-order valence-electron chi connectivity index (χ4n) is 2.71. The van der Waals surface area contributed by atoms with Crippen molar-refractivity contribution in [3.8, 4) is 16.9 Å². The number of ether oxygens (including phenoxy) is 1. The Morgan fingerprint density at radius 1 is 1.09 bits per heavy atom. The molecule has 0 unspecified atom stereocenters. The molecule has 1 aliphatic rings. The maximum Gasteiger partial charge on any atom is 0.170 e. The van der Waals surface area contributed by atoms with Crippen molar-refractivity contribution in [1.29, 1.82) is 0 Å². The van der Waals surface area contributed by atoms with Crippen LogP contribution in [0.2, 0.25) is 0 Å². The smallest absolute Gasteiger partial charge is 0.170 e. The molecule has 0 radical (unpaired) electrons. The Bertz CT molecular complexity index is 864. The summed E-state index contributed by atoms with van der Waals surface area (Å²) in [5.74, 6) is 2.50. The summed E-state index contributed by atoms with van der Waals surface area (Å²) in [5, 5.41) is 4.31. The van der Waals surface area contributed by atoms with Crippen LogP contribution in [-0.2, 0) is 0 Å². The Kier molecular flexibility index (Phi) is 3.07. The summed E-state index contributed by atoms with van der Waals surface area (Å²) in [6.45, 7) is 1.68. The Morgan fingerprint density at radius 2 is 2.00 bits per heavy atom. The van der Waals surface area contributed by atoms with E-state index in [1.807, 2.05) is 30.3 Å². The van der Waals surface area contributed by atoms with E-state index in [0.717, 1.165) is 52.5 Å². The molecule has 0 atom stereocenters. The standard InChI is InChI=1S/C18H16N2O2/c1-21-15-4-2-3-12(10-15)13-5-6-16-14(9-13)11-17(22-16)18-19-7-8-20-18/h2-6,9-11H,7-8H2,1H3,(H,19,20). The molecule has 0 aliphatic carbocycles. The average Bonchev–Trinajstić information content (AvgIpc) is 3.23. The molecule has 1 aliphatic heterocycles. The van der Waals surface area contributed by atoms with E-state index in [0.29, 0.717) is 0 Å². The van der Waals surface area contributed by atoms with Gasteiger partial charge in [0, 0.05) is 11.9 Å². The van der Waals surface area contributed by atoms with Crippen LogP contribution >= 0.6 is 0 Å². The fraction of sp³-hybridized carbons (Fsp3) is 0.167. The van der Waals surface area contributed by atoms with Crippen molar-refractivity contribution in [2.45, 2.75) is 0 Å². The summed E-state index contributed by atoms with van der Waals surface area (Å²) in [4.78, 5) is 4.40. The van der Waals surface area contributed by atoms with Crippen molar-refractivity contribution in [2.24, 2.45) is 4.99 Å². The minimum Gasteiger partial charge on any atom is -0.497 e.